The second-order valence-electron chi connectivity index (χ2n) is 5.62. The van der Waals surface area contributed by atoms with Crippen molar-refractivity contribution in [3.63, 3.8) is 0 Å². The minimum Gasteiger partial charge on any atom is -0.377 e. The number of nitrogens with one attached hydrogen (secondary N) is 2. The van der Waals surface area contributed by atoms with Crippen molar-refractivity contribution < 1.29 is 17.9 Å². The Bertz CT molecular complexity index is 792. The van der Waals surface area contributed by atoms with Crippen molar-refractivity contribution in [3.8, 4) is 0 Å². The number of carbonyl (C=O) groups excluding carboxylic acids is 1. The zero-order valence-corrected chi connectivity index (χ0v) is 15.7. The Morgan fingerprint density at radius 2 is 2.28 bits per heavy atom. The zero-order valence-electron chi connectivity index (χ0n) is 13.3. The molecule has 1 fully saturated rings. The first-order valence-corrected chi connectivity index (χ1v) is 10.7. The first-order chi connectivity index (χ1) is 12.0. The van der Waals surface area contributed by atoms with Crippen LogP contribution in [0, 0.1) is 0 Å². The van der Waals surface area contributed by atoms with Gasteiger partial charge in [-0.05, 0) is 31.0 Å². The lowest BCUT2D eigenvalue weighted by atomic mass is 10.2. The van der Waals surface area contributed by atoms with Crippen molar-refractivity contribution in [1.82, 2.24) is 10.0 Å². The van der Waals surface area contributed by atoms with E-state index in [0.29, 0.717) is 18.3 Å². The summed E-state index contributed by atoms with van der Waals surface area (Å²) in [6.45, 7) is 1.49. The van der Waals surface area contributed by atoms with Crippen LogP contribution in [0.5, 0.6) is 0 Å². The molecular formula is C15H18ClN3O4S2. The van der Waals surface area contributed by atoms with Crippen molar-refractivity contribution in [2.45, 2.75) is 23.8 Å². The molecule has 1 aromatic rings. The van der Waals surface area contributed by atoms with Crippen LogP contribution in [0.1, 0.15) is 23.2 Å². The van der Waals surface area contributed by atoms with Crippen LogP contribution < -0.4 is 10.0 Å². The molecule has 10 heteroatoms. The molecule has 1 atom stereocenters. The molecule has 2 aliphatic rings. The van der Waals surface area contributed by atoms with Crippen LogP contribution in [0.15, 0.2) is 28.1 Å². The summed E-state index contributed by atoms with van der Waals surface area (Å²) in [5.74, 6) is 0.406. The summed E-state index contributed by atoms with van der Waals surface area (Å²) in [5, 5.41) is 3.27. The lowest BCUT2D eigenvalue weighted by Crippen LogP contribution is -2.32. The number of thioether (sulfide) groups is 1. The zero-order chi connectivity index (χ0) is 17.9. The molecule has 25 heavy (non-hydrogen) atoms. The Morgan fingerprint density at radius 3 is 2.96 bits per heavy atom. The Balaban J connectivity index is 1.74. The van der Waals surface area contributed by atoms with E-state index in [4.69, 9.17) is 16.3 Å². The van der Waals surface area contributed by atoms with Gasteiger partial charge in [-0.25, -0.2) is 13.1 Å². The summed E-state index contributed by atoms with van der Waals surface area (Å²) in [6.07, 6.45) is 1.61. The third-order valence-electron chi connectivity index (χ3n) is 3.81. The Morgan fingerprint density at radius 1 is 1.44 bits per heavy atom. The van der Waals surface area contributed by atoms with Gasteiger partial charge in [0.1, 0.15) is 4.90 Å². The number of sulfonamides is 1. The number of carbonyl (C=O) groups is 1. The molecule has 2 aliphatic heterocycles. The molecule has 2 N–H and O–H groups in total. The van der Waals surface area contributed by atoms with Gasteiger partial charge in [0, 0.05) is 24.5 Å². The molecule has 1 aromatic carbocycles. The summed E-state index contributed by atoms with van der Waals surface area (Å²) >= 11 is 7.49. The van der Waals surface area contributed by atoms with Crippen molar-refractivity contribution >= 4 is 44.5 Å². The first kappa shape index (κ1) is 18.7. The van der Waals surface area contributed by atoms with E-state index in [1.54, 1.807) is 0 Å². The maximum Gasteiger partial charge on any atom is 0.257 e. The van der Waals surface area contributed by atoms with Gasteiger partial charge in [0.05, 0.1) is 17.7 Å². The standard InChI is InChI=1S/C15H18ClN3O4S2/c16-12-4-3-10(14(20)19-15-17-5-7-24-15)8-13(12)25(21,22)18-9-11-2-1-6-23-11/h3-4,8,11,18H,1-2,5-7,9H2,(H,17,19,20). The van der Waals surface area contributed by atoms with E-state index in [1.807, 2.05) is 0 Å². The SMILES string of the molecule is O=C(NC1=NCCS1)c1ccc(Cl)c(S(=O)(=O)NCC2CCCO2)c1. The summed E-state index contributed by atoms with van der Waals surface area (Å²) in [4.78, 5) is 16.3. The molecule has 0 aromatic heterocycles. The van der Waals surface area contributed by atoms with E-state index in [-0.39, 0.29) is 28.1 Å². The molecule has 1 unspecified atom stereocenters. The van der Waals surface area contributed by atoms with Gasteiger partial charge in [0.25, 0.3) is 5.91 Å². The highest BCUT2D eigenvalue weighted by atomic mass is 35.5. The average Bonchev–Trinajstić information content (AvgIpc) is 3.27. The quantitative estimate of drug-likeness (QED) is 0.778. The Labute approximate surface area is 155 Å². The number of ether oxygens (including phenoxy) is 1. The normalized spacial score (nSPS) is 20.5. The molecule has 0 radical (unpaired) electrons. The number of benzene rings is 1. The topological polar surface area (TPSA) is 96.9 Å². The molecule has 0 saturated carbocycles. The number of amidine groups is 1. The summed E-state index contributed by atoms with van der Waals surface area (Å²) < 4.78 is 32.9. The minimum atomic E-state index is -3.84. The number of amides is 1. The van der Waals surface area contributed by atoms with Gasteiger partial charge in [-0.15, -0.1) is 0 Å². The molecule has 0 bridgehead atoms. The Hall–Kier alpha value is -1.13. The van der Waals surface area contributed by atoms with Gasteiger partial charge in [-0.3, -0.25) is 9.79 Å². The maximum absolute atomic E-state index is 12.5. The highest BCUT2D eigenvalue weighted by Gasteiger charge is 2.23. The fourth-order valence-electron chi connectivity index (χ4n) is 2.52. The number of hydrogen-bond acceptors (Lipinski definition) is 6. The number of rotatable bonds is 5. The van der Waals surface area contributed by atoms with Crippen molar-refractivity contribution in [1.29, 1.82) is 0 Å². The van der Waals surface area contributed by atoms with E-state index in [0.717, 1.165) is 18.6 Å². The molecule has 0 aliphatic carbocycles. The third kappa shape index (κ3) is 4.73. The molecule has 1 amide bonds. The van der Waals surface area contributed by atoms with Gasteiger partial charge in [-0.1, -0.05) is 23.4 Å². The lowest BCUT2D eigenvalue weighted by molar-refractivity contribution is 0.0977. The second kappa shape index (κ2) is 8.05. The van der Waals surface area contributed by atoms with Gasteiger partial charge < -0.3 is 10.1 Å². The minimum absolute atomic E-state index is 0.0592. The van der Waals surface area contributed by atoms with Crippen LogP contribution in [0.3, 0.4) is 0 Å². The smallest absolute Gasteiger partial charge is 0.257 e. The van der Waals surface area contributed by atoms with E-state index in [9.17, 15) is 13.2 Å². The summed E-state index contributed by atoms with van der Waals surface area (Å²) in [7, 11) is -3.84. The molecule has 1 saturated heterocycles. The van der Waals surface area contributed by atoms with Gasteiger partial charge >= 0.3 is 0 Å². The van der Waals surface area contributed by atoms with E-state index in [2.05, 4.69) is 15.0 Å². The van der Waals surface area contributed by atoms with Crippen LogP contribution in [0.4, 0.5) is 0 Å². The molecule has 0 spiro atoms. The van der Waals surface area contributed by atoms with E-state index in [1.165, 1.54) is 30.0 Å². The summed E-state index contributed by atoms with van der Waals surface area (Å²) in [6, 6.07) is 4.16. The number of halogens is 1. The fraction of sp³-hybridized carbons (Fsp3) is 0.467. The van der Waals surface area contributed by atoms with Crippen LogP contribution in [-0.2, 0) is 14.8 Å². The third-order valence-corrected chi connectivity index (χ3v) is 6.61. The monoisotopic (exact) mass is 403 g/mol. The second-order valence-corrected chi connectivity index (χ2v) is 8.85. The van der Waals surface area contributed by atoms with Crippen LogP contribution in [-0.4, -0.2) is 51.0 Å². The van der Waals surface area contributed by atoms with Crippen LogP contribution in [0.2, 0.25) is 5.02 Å². The highest BCUT2D eigenvalue weighted by molar-refractivity contribution is 8.14. The Kier molecular flexibility index (Phi) is 6.00. The number of nitrogens with zero attached hydrogens (tertiary/aromatic N) is 1. The summed E-state index contributed by atoms with van der Waals surface area (Å²) in [5.41, 5.74) is 0.206. The molecular weight excluding hydrogens is 386 g/mol. The van der Waals surface area contributed by atoms with Crippen molar-refractivity contribution in [2.75, 3.05) is 25.4 Å². The van der Waals surface area contributed by atoms with Gasteiger partial charge in [0.2, 0.25) is 10.0 Å². The van der Waals surface area contributed by atoms with Crippen molar-refractivity contribution in [2.24, 2.45) is 4.99 Å². The number of aliphatic imine (C=N–C) groups is 1. The fourth-order valence-corrected chi connectivity index (χ4v) is 4.83. The predicted molar refractivity (Wildman–Crippen MR) is 97.8 cm³/mol. The molecule has 3 rings (SSSR count). The maximum atomic E-state index is 12.5. The molecule has 136 valence electrons. The lowest BCUT2D eigenvalue weighted by Gasteiger charge is -2.13. The van der Waals surface area contributed by atoms with Crippen LogP contribution in [0.25, 0.3) is 0 Å². The molecule has 7 nitrogen and oxygen atoms in total. The average molecular weight is 404 g/mol. The van der Waals surface area contributed by atoms with E-state index >= 15 is 0 Å². The van der Waals surface area contributed by atoms with E-state index < -0.39 is 15.9 Å². The first-order valence-electron chi connectivity index (χ1n) is 7.85. The predicted octanol–water partition coefficient (Wildman–Crippen LogP) is 1.63. The van der Waals surface area contributed by atoms with Gasteiger partial charge in [0.15, 0.2) is 5.17 Å². The van der Waals surface area contributed by atoms with Gasteiger partial charge in [-0.2, -0.15) is 0 Å². The van der Waals surface area contributed by atoms with Crippen LogP contribution >= 0.6 is 23.4 Å². The molecule has 2 heterocycles. The van der Waals surface area contributed by atoms with Crippen molar-refractivity contribution in [3.05, 3.63) is 28.8 Å². The number of hydrogen-bond donors (Lipinski definition) is 2. The highest BCUT2D eigenvalue weighted by Crippen LogP contribution is 2.23. The largest absolute Gasteiger partial charge is 0.377 e.